The van der Waals surface area contributed by atoms with Gasteiger partial charge in [0.2, 0.25) is 0 Å². The zero-order valence-corrected chi connectivity index (χ0v) is 17.0. The van der Waals surface area contributed by atoms with Gasteiger partial charge in [0.15, 0.2) is 0 Å². The highest BCUT2D eigenvalue weighted by Gasteiger charge is 2.43. The van der Waals surface area contributed by atoms with Crippen LogP contribution in [-0.4, -0.2) is 26.1 Å². The Morgan fingerprint density at radius 3 is 2.67 bits per heavy atom. The number of nitrogens with zero attached hydrogens (tertiary/aromatic N) is 2. The van der Waals surface area contributed by atoms with Crippen molar-refractivity contribution in [2.24, 2.45) is 0 Å². The average molecular weight is 440 g/mol. The van der Waals surface area contributed by atoms with Crippen LogP contribution in [0.3, 0.4) is 0 Å². The number of phenolic OH excluding ortho intramolecular Hbond substituents is 1. The Labute approximate surface area is 181 Å². The van der Waals surface area contributed by atoms with E-state index in [4.69, 9.17) is 27.6 Å². The van der Waals surface area contributed by atoms with Crippen LogP contribution in [-0.2, 0) is 6.54 Å². The number of rotatable bonds is 4. The van der Waals surface area contributed by atoms with Crippen LogP contribution in [0.4, 0.5) is 0 Å². The first-order valence-electron chi connectivity index (χ1n) is 9.19. The molecular weight excluding hydrogens is 425 g/mol. The van der Waals surface area contributed by atoms with Crippen LogP contribution in [0.1, 0.15) is 33.4 Å². The Morgan fingerprint density at radius 2 is 1.93 bits per heavy atom. The number of carbonyl (C=O) groups is 1. The summed E-state index contributed by atoms with van der Waals surface area (Å²) >= 11 is 12.4. The molecule has 2 aromatic heterocycles. The summed E-state index contributed by atoms with van der Waals surface area (Å²) in [5.41, 5.74) is 2.87. The van der Waals surface area contributed by atoms with Gasteiger partial charge < -0.3 is 14.4 Å². The van der Waals surface area contributed by atoms with Crippen LogP contribution in [0.5, 0.6) is 5.75 Å². The van der Waals surface area contributed by atoms with E-state index in [1.807, 2.05) is 18.2 Å². The van der Waals surface area contributed by atoms with Crippen molar-refractivity contribution >= 4 is 29.1 Å². The van der Waals surface area contributed by atoms with E-state index in [1.54, 1.807) is 47.6 Å². The maximum Gasteiger partial charge on any atom is 0.273 e. The van der Waals surface area contributed by atoms with Crippen molar-refractivity contribution in [3.63, 3.8) is 0 Å². The van der Waals surface area contributed by atoms with E-state index in [0.29, 0.717) is 38.3 Å². The first-order chi connectivity index (χ1) is 14.5. The van der Waals surface area contributed by atoms with Gasteiger partial charge in [0, 0.05) is 11.1 Å². The molecule has 0 aliphatic carbocycles. The van der Waals surface area contributed by atoms with Crippen molar-refractivity contribution in [3.8, 4) is 17.0 Å². The van der Waals surface area contributed by atoms with Gasteiger partial charge in [0.25, 0.3) is 5.91 Å². The van der Waals surface area contributed by atoms with Gasteiger partial charge in [-0.2, -0.15) is 5.10 Å². The second-order valence-electron chi connectivity index (χ2n) is 6.97. The summed E-state index contributed by atoms with van der Waals surface area (Å²) in [6.07, 6.45) is 1.57. The van der Waals surface area contributed by atoms with Crippen LogP contribution in [0.15, 0.2) is 65.3 Å². The molecule has 150 valence electrons. The highest BCUT2D eigenvalue weighted by atomic mass is 35.5. The molecule has 1 aliphatic heterocycles. The number of phenols is 1. The minimum absolute atomic E-state index is 0.0802. The Kier molecular flexibility index (Phi) is 4.53. The van der Waals surface area contributed by atoms with Gasteiger partial charge in [-0.25, -0.2) is 0 Å². The number of hydrogen-bond donors (Lipinski definition) is 2. The van der Waals surface area contributed by atoms with Gasteiger partial charge >= 0.3 is 0 Å². The Hall–Kier alpha value is -3.22. The molecule has 8 heteroatoms. The molecule has 6 nitrogen and oxygen atoms in total. The number of hydrogen-bond acceptors (Lipinski definition) is 4. The fraction of sp³-hybridized carbons (Fsp3) is 0.0909. The number of fused-ring (bicyclic) bond motifs is 1. The number of aromatic nitrogens is 2. The van der Waals surface area contributed by atoms with Crippen molar-refractivity contribution in [2.75, 3.05) is 0 Å². The normalized spacial score (nSPS) is 15.6. The topological polar surface area (TPSA) is 82.4 Å². The fourth-order valence-corrected chi connectivity index (χ4v) is 4.14. The molecule has 1 atom stereocenters. The van der Waals surface area contributed by atoms with E-state index in [0.717, 1.165) is 5.56 Å². The summed E-state index contributed by atoms with van der Waals surface area (Å²) in [5.74, 6) is 0.513. The lowest BCUT2D eigenvalue weighted by Gasteiger charge is -2.26. The van der Waals surface area contributed by atoms with Crippen molar-refractivity contribution in [2.45, 2.75) is 12.6 Å². The lowest BCUT2D eigenvalue weighted by atomic mass is 9.95. The minimum atomic E-state index is -0.485. The number of amides is 1. The fourth-order valence-electron chi connectivity index (χ4n) is 3.84. The zero-order chi connectivity index (χ0) is 20.8. The standard InChI is InChI=1S/C22H15Cl2N3O3/c23-15-8-7-12(10-16(15)24)21-18-19(14-5-1-2-6-17(14)28)25-26-20(18)22(29)27(21)11-13-4-3-9-30-13/h1-10,21,28H,11H2,(H,25,26)/t21-/m1/s1. The number of para-hydroxylation sites is 1. The maximum atomic E-state index is 13.3. The SMILES string of the molecule is O=C1c2[nH]nc(-c3ccccc3O)c2[C@@H](c2ccc(Cl)c(Cl)c2)N1Cc1ccco1. The molecular formula is C22H15Cl2N3O3. The number of furan rings is 1. The quantitative estimate of drug-likeness (QED) is 0.444. The third-order valence-corrected chi connectivity index (χ3v) is 5.93. The van der Waals surface area contributed by atoms with E-state index in [9.17, 15) is 9.90 Å². The highest BCUT2D eigenvalue weighted by molar-refractivity contribution is 6.42. The summed E-state index contributed by atoms with van der Waals surface area (Å²) in [6, 6.07) is 15.3. The molecule has 0 saturated heterocycles. The molecule has 2 aromatic carbocycles. The monoisotopic (exact) mass is 439 g/mol. The molecule has 0 bridgehead atoms. The van der Waals surface area contributed by atoms with Gasteiger partial charge in [-0.3, -0.25) is 9.89 Å². The number of benzene rings is 2. The number of aromatic hydroxyl groups is 1. The van der Waals surface area contributed by atoms with Crippen molar-refractivity contribution < 1.29 is 14.3 Å². The van der Waals surface area contributed by atoms with Crippen molar-refractivity contribution in [3.05, 3.63) is 93.5 Å². The number of nitrogens with one attached hydrogen (secondary N) is 1. The van der Waals surface area contributed by atoms with Crippen molar-refractivity contribution in [1.82, 2.24) is 15.1 Å². The summed E-state index contributed by atoms with van der Waals surface area (Å²) in [5, 5.41) is 18.4. The third-order valence-electron chi connectivity index (χ3n) is 5.19. The van der Waals surface area contributed by atoms with E-state index in [-0.39, 0.29) is 18.2 Å². The number of aromatic amines is 1. The number of H-pyrrole nitrogens is 1. The van der Waals surface area contributed by atoms with Crippen molar-refractivity contribution in [1.29, 1.82) is 0 Å². The van der Waals surface area contributed by atoms with Crippen LogP contribution < -0.4 is 0 Å². The predicted octanol–water partition coefficient (Wildman–Crippen LogP) is 5.43. The molecule has 0 saturated carbocycles. The smallest absolute Gasteiger partial charge is 0.273 e. The number of halogens is 2. The maximum absolute atomic E-state index is 13.3. The average Bonchev–Trinajstić information content (AvgIpc) is 3.45. The largest absolute Gasteiger partial charge is 0.507 e. The Morgan fingerprint density at radius 1 is 1.10 bits per heavy atom. The van der Waals surface area contributed by atoms with Crippen LogP contribution in [0, 0.1) is 0 Å². The molecule has 30 heavy (non-hydrogen) atoms. The molecule has 1 aliphatic rings. The van der Waals surface area contributed by atoms with E-state index >= 15 is 0 Å². The summed E-state index contributed by atoms with van der Waals surface area (Å²) < 4.78 is 5.47. The van der Waals surface area contributed by atoms with Gasteiger partial charge in [0.1, 0.15) is 22.9 Å². The summed E-state index contributed by atoms with van der Waals surface area (Å²) in [6.45, 7) is 0.263. The summed E-state index contributed by atoms with van der Waals surface area (Å²) in [7, 11) is 0. The van der Waals surface area contributed by atoms with Gasteiger partial charge in [-0.1, -0.05) is 41.4 Å². The van der Waals surface area contributed by atoms with Gasteiger partial charge in [-0.15, -0.1) is 0 Å². The van der Waals surface area contributed by atoms with E-state index in [1.165, 1.54) is 0 Å². The third kappa shape index (κ3) is 2.96. The van der Waals surface area contributed by atoms with Crippen LogP contribution in [0.2, 0.25) is 10.0 Å². The van der Waals surface area contributed by atoms with Crippen LogP contribution in [0.25, 0.3) is 11.3 Å². The molecule has 1 amide bonds. The van der Waals surface area contributed by atoms with Gasteiger partial charge in [0.05, 0.1) is 28.9 Å². The molecule has 0 fully saturated rings. The molecule has 0 spiro atoms. The Bertz CT molecular complexity index is 1250. The predicted molar refractivity (Wildman–Crippen MR) is 113 cm³/mol. The molecule has 2 N–H and O–H groups in total. The van der Waals surface area contributed by atoms with E-state index in [2.05, 4.69) is 10.2 Å². The second-order valence-corrected chi connectivity index (χ2v) is 7.78. The minimum Gasteiger partial charge on any atom is -0.507 e. The second kappa shape index (κ2) is 7.23. The first kappa shape index (κ1) is 18.8. The Balaban J connectivity index is 1.70. The lowest BCUT2D eigenvalue weighted by Crippen LogP contribution is -2.29. The molecule has 4 aromatic rings. The zero-order valence-electron chi connectivity index (χ0n) is 15.5. The lowest BCUT2D eigenvalue weighted by molar-refractivity contribution is 0.0717. The van der Waals surface area contributed by atoms with E-state index < -0.39 is 6.04 Å². The van der Waals surface area contributed by atoms with Gasteiger partial charge in [-0.05, 0) is 42.0 Å². The molecule has 0 unspecified atom stereocenters. The molecule has 3 heterocycles. The highest BCUT2D eigenvalue weighted by Crippen LogP contribution is 2.45. The first-order valence-corrected chi connectivity index (χ1v) is 9.95. The summed E-state index contributed by atoms with van der Waals surface area (Å²) in [4.78, 5) is 15.0. The van der Waals surface area contributed by atoms with Crippen LogP contribution >= 0.6 is 23.2 Å². The molecule has 0 radical (unpaired) electrons. The molecule has 5 rings (SSSR count). The number of carbonyl (C=O) groups excluding carboxylic acids is 1.